The molecule has 0 spiro atoms. The molecular weight excluding hydrogens is 217 g/mol. The Morgan fingerprint density at radius 3 is 2.41 bits per heavy atom. The van der Waals surface area contributed by atoms with Crippen molar-refractivity contribution in [3.8, 4) is 0 Å². The van der Waals surface area contributed by atoms with E-state index in [2.05, 4.69) is 10.1 Å². The molecule has 0 aliphatic heterocycles. The van der Waals surface area contributed by atoms with Gasteiger partial charge in [0.2, 0.25) is 7.85 Å². The van der Waals surface area contributed by atoms with E-state index < -0.39 is 12.0 Å². The number of nitrogens with one attached hydrogen (secondary N) is 1. The number of amides is 1. The van der Waals surface area contributed by atoms with Crippen LogP contribution in [0.15, 0.2) is 24.3 Å². The summed E-state index contributed by atoms with van der Waals surface area (Å²) in [6.45, 7) is 2.00. The fourth-order valence-corrected chi connectivity index (χ4v) is 1.54. The summed E-state index contributed by atoms with van der Waals surface area (Å²) in [5.41, 5.74) is 2.14. The third-order valence-corrected chi connectivity index (χ3v) is 2.42. The van der Waals surface area contributed by atoms with Crippen LogP contribution in [0.5, 0.6) is 0 Å². The predicted molar refractivity (Wildman–Crippen MR) is 67.8 cm³/mol. The number of carbonyl (C=O) groups is 2. The van der Waals surface area contributed by atoms with Gasteiger partial charge < -0.3 is 10.1 Å². The molecule has 0 aromatic heterocycles. The summed E-state index contributed by atoms with van der Waals surface area (Å²) in [7, 11) is 2.69. The van der Waals surface area contributed by atoms with E-state index in [4.69, 9.17) is 0 Å². The molecule has 0 bridgehead atoms. The molecule has 1 amide bonds. The SMILES string of the molecule is BC(=O)NC(Cc1ccc(C)cc1)C(=O)OC. The summed E-state index contributed by atoms with van der Waals surface area (Å²) in [4.78, 5) is 22.5. The number of methoxy groups -OCH3 is 1. The lowest BCUT2D eigenvalue weighted by Crippen LogP contribution is -2.42. The molecule has 0 saturated carbocycles. The molecule has 1 atom stereocenters. The summed E-state index contributed by atoms with van der Waals surface area (Å²) in [5.74, 6) is -0.673. The van der Waals surface area contributed by atoms with Gasteiger partial charge in [0.15, 0.2) is 5.81 Å². The molecule has 1 unspecified atom stereocenters. The average molecular weight is 233 g/mol. The van der Waals surface area contributed by atoms with Gasteiger partial charge in [0, 0.05) is 6.42 Å². The van der Waals surface area contributed by atoms with Gasteiger partial charge in [-0.25, -0.2) is 4.79 Å². The van der Waals surface area contributed by atoms with Crippen LogP contribution in [0.3, 0.4) is 0 Å². The molecule has 1 aromatic rings. The smallest absolute Gasteiger partial charge is 0.328 e. The lowest BCUT2D eigenvalue weighted by Gasteiger charge is -2.15. The fourth-order valence-electron chi connectivity index (χ4n) is 1.54. The summed E-state index contributed by atoms with van der Waals surface area (Å²) >= 11 is 0. The van der Waals surface area contributed by atoms with Crippen LogP contribution in [0, 0.1) is 6.92 Å². The zero-order valence-electron chi connectivity index (χ0n) is 10.3. The van der Waals surface area contributed by atoms with E-state index in [9.17, 15) is 9.59 Å². The van der Waals surface area contributed by atoms with Gasteiger partial charge in [-0.05, 0) is 12.5 Å². The number of hydrogen-bond donors (Lipinski definition) is 1. The van der Waals surface area contributed by atoms with Gasteiger partial charge in [0.1, 0.15) is 6.04 Å². The normalized spacial score (nSPS) is 11.6. The van der Waals surface area contributed by atoms with Crippen LogP contribution in [0.2, 0.25) is 0 Å². The Hall–Kier alpha value is -1.78. The molecule has 90 valence electrons. The highest BCUT2D eigenvalue weighted by Crippen LogP contribution is 2.07. The van der Waals surface area contributed by atoms with E-state index >= 15 is 0 Å². The second-order valence-electron chi connectivity index (χ2n) is 3.97. The Bertz CT molecular complexity index is 403. The Morgan fingerprint density at radius 1 is 1.35 bits per heavy atom. The van der Waals surface area contributed by atoms with Crippen molar-refractivity contribution in [3.63, 3.8) is 0 Å². The molecule has 1 aromatic carbocycles. The lowest BCUT2D eigenvalue weighted by molar-refractivity contribution is -0.142. The van der Waals surface area contributed by atoms with Crippen molar-refractivity contribution in [3.05, 3.63) is 35.4 Å². The van der Waals surface area contributed by atoms with Gasteiger partial charge in [-0.15, -0.1) is 0 Å². The van der Waals surface area contributed by atoms with Gasteiger partial charge in [0.05, 0.1) is 7.11 Å². The molecule has 5 heteroatoms. The molecule has 0 radical (unpaired) electrons. The first-order chi connectivity index (χ1) is 8.02. The molecule has 0 saturated heterocycles. The first-order valence-electron chi connectivity index (χ1n) is 5.43. The van der Waals surface area contributed by atoms with E-state index in [1.807, 2.05) is 31.2 Å². The zero-order chi connectivity index (χ0) is 12.8. The quantitative estimate of drug-likeness (QED) is 0.605. The molecule has 0 aliphatic rings. The van der Waals surface area contributed by atoms with Gasteiger partial charge in [-0.3, -0.25) is 4.79 Å². The fraction of sp³-hybridized carbons (Fsp3) is 0.333. The Kier molecular flexibility index (Phi) is 4.76. The lowest BCUT2D eigenvalue weighted by atomic mass is 10.0. The van der Waals surface area contributed by atoms with Crippen molar-refractivity contribution in [1.29, 1.82) is 0 Å². The van der Waals surface area contributed by atoms with Crippen LogP contribution < -0.4 is 5.32 Å². The van der Waals surface area contributed by atoms with Gasteiger partial charge in [0.25, 0.3) is 0 Å². The van der Waals surface area contributed by atoms with Crippen molar-refractivity contribution in [2.75, 3.05) is 7.11 Å². The summed E-state index contributed by atoms with van der Waals surface area (Å²) in [6, 6.07) is 7.19. The maximum absolute atomic E-state index is 11.5. The van der Waals surface area contributed by atoms with Crippen LogP contribution in [-0.4, -0.2) is 32.8 Å². The summed E-state index contributed by atoms with van der Waals surface area (Å²) in [6.07, 6.45) is 0.437. The molecule has 0 aliphatic carbocycles. The molecule has 1 rings (SSSR count). The first kappa shape index (κ1) is 13.3. The number of hydrogen-bond acceptors (Lipinski definition) is 3. The number of aryl methyl sites for hydroxylation is 1. The topological polar surface area (TPSA) is 55.4 Å². The van der Waals surface area contributed by atoms with Crippen LogP contribution in [0.25, 0.3) is 0 Å². The number of carbonyl (C=O) groups excluding carboxylic acids is 2. The van der Waals surface area contributed by atoms with E-state index in [0.717, 1.165) is 11.1 Å². The highest BCUT2D eigenvalue weighted by molar-refractivity contribution is 6.57. The number of benzene rings is 1. The second kappa shape index (κ2) is 6.08. The maximum atomic E-state index is 11.5. The summed E-state index contributed by atoms with van der Waals surface area (Å²) < 4.78 is 4.66. The zero-order valence-corrected chi connectivity index (χ0v) is 10.3. The molecule has 0 heterocycles. The average Bonchev–Trinajstić information content (AvgIpc) is 2.29. The van der Waals surface area contributed by atoms with Crippen molar-refractivity contribution in [1.82, 2.24) is 5.32 Å². The monoisotopic (exact) mass is 233 g/mol. The van der Waals surface area contributed by atoms with Crippen LogP contribution >= 0.6 is 0 Å². The van der Waals surface area contributed by atoms with E-state index in [-0.39, 0.29) is 5.81 Å². The number of esters is 1. The predicted octanol–water partition coefficient (Wildman–Crippen LogP) is 0.422. The van der Waals surface area contributed by atoms with Crippen molar-refractivity contribution >= 4 is 19.6 Å². The highest BCUT2D eigenvalue weighted by Gasteiger charge is 2.20. The first-order valence-corrected chi connectivity index (χ1v) is 5.43. The van der Waals surface area contributed by atoms with Crippen molar-refractivity contribution in [2.24, 2.45) is 0 Å². The van der Waals surface area contributed by atoms with Gasteiger partial charge in [-0.2, -0.15) is 0 Å². The highest BCUT2D eigenvalue weighted by atomic mass is 16.5. The minimum Gasteiger partial charge on any atom is -0.467 e. The maximum Gasteiger partial charge on any atom is 0.328 e. The molecule has 17 heavy (non-hydrogen) atoms. The summed E-state index contributed by atoms with van der Waals surface area (Å²) in [5, 5.41) is 2.58. The third-order valence-electron chi connectivity index (χ3n) is 2.42. The van der Waals surface area contributed by atoms with Crippen LogP contribution in [0.4, 0.5) is 4.79 Å². The Morgan fingerprint density at radius 2 is 1.94 bits per heavy atom. The van der Waals surface area contributed by atoms with Crippen LogP contribution in [0.1, 0.15) is 11.1 Å². The third kappa shape index (κ3) is 4.30. The van der Waals surface area contributed by atoms with Crippen LogP contribution in [-0.2, 0) is 16.0 Å². The molecule has 0 fully saturated rings. The number of rotatable bonds is 4. The Labute approximate surface area is 102 Å². The molecule has 1 N–H and O–H groups in total. The molecule has 4 nitrogen and oxygen atoms in total. The minimum absolute atomic E-state index is 0.243. The van der Waals surface area contributed by atoms with E-state index in [0.29, 0.717) is 6.42 Å². The van der Waals surface area contributed by atoms with Gasteiger partial charge >= 0.3 is 5.97 Å². The standard InChI is InChI=1S/C12H16BNO3/c1-8-3-5-9(6-4-8)7-10(11(15)17-2)14-12(13)16/h3-6,10H,7,13H2,1-2H3,(H,14,16). The van der Waals surface area contributed by atoms with E-state index in [1.165, 1.54) is 15.0 Å². The molecular formula is C12H16BNO3. The Balaban J connectivity index is 2.75. The van der Waals surface area contributed by atoms with Gasteiger partial charge in [-0.1, -0.05) is 29.8 Å². The van der Waals surface area contributed by atoms with Crippen molar-refractivity contribution in [2.45, 2.75) is 19.4 Å². The van der Waals surface area contributed by atoms with Crippen molar-refractivity contribution < 1.29 is 14.3 Å². The second-order valence-corrected chi connectivity index (χ2v) is 3.97. The van der Waals surface area contributed by atoms with E-state index in [1.54, 1.807) is 0 Å². The number of ether oxygens (including phenoxy) is 1. The minimum atomic E-state index is -0.625. The largest absolute Gasteiger partial charge is 0.467 e.